The van der Waals surface area contributed by atoms with Crippen molar-refractivity contribution < 1.29 is 4.79 Å². The van der Waals surface area contributed by atoms with Crippen LogP contribution in [0.4, 0.5) is 0 Å². The summed E-state index contributed by atoms with van der Waals surface area (Å²) in [5.74, 6) is 0.113. The third-order valence-electron chi connectivity index (χ3n) is 3.07. The first kappa shape index (κ1) is 12.8. The van der Waals surface area contributed by atoms with Crippen molar-refractivity contribution in [3.05, 3.63) is 36.0 Å². The Morgan fingerprint density at radius 2 is 1.94 bits per heavy atom. The zero-order chi connectivity index (χ0) is 13.3. The lowest BCUT2D eigenvalue weighted by Gasteiger charge is -2.17. The van der Waals surface area contributed by atoms with E-state index in [9.17, 15) is 4.79 Å². The van der Waals surface area contributed by atoms with Gasteiger partial charge in [0.25, 0.3) is 0 Å². The van der Waals surface area contributed by atoms with E-state index in [1.807, 2.05) is 51.2 Å². The van der Waals surface area contributed by atoms with Gasteiger partial charge in [0.1, 0.15) is 0 Å². The normalized spacial score (nSPS) is 12.0. The number of nitrogens with zero attached hydrogens (tertiary/aromatic N) is 1. The van der Waals surface area contributed by atoms with Crippen LogP contribution in [0.3, 0.4) is 0 Å². The van der Waals surface area contributed by atoms with Gasteiger partial charge in [0.15, 0.2) is 0 Å². The van der Waals surface area contributed by atoms with E-state index in [1.165, 1.54) is 0 Å². The second kappa shape index (κ2) is 4.58. The van der Waals surface area contributed by atoms with Crippen LogP contribution < -0.4 is 5.73 Å². The molecule has 3 nitrogen and oxygen atoms in total. The van der Waals surface area contributed by atoms with Crippen molar-refractivity contribution in [1.82, 2.24) is 4.57 Å². The van der Waals surface area contributed by atoms with Gasteiger partial charge in [-0.15, -0.1) is 0 Å². The topological polar surface area (TPSA) is 48.0 Å². The quantitative estimate of drug-likeness (QED) is 0.883. The summed E-state index contributed by atoms with van der Waals surface area (Å²) >= 11 is 0. The van der Waals surface area contributed by atoms with Gasteiger partial charge in [0.05, 0.1) is 5.52 Å². The minimum atomic E-state index is -0.387. The van der Waals surface area contributed by atoms with Crippen LogP contribution in [0.2, 0.25) is 0 Å². The largest absolute Gasteiger partial charge is 0.330 e. The lowest BCUT2D eigenvalue weighted by molar-refractivity contribution is 0.0772. The molecule has 96 valence electrons. The average Bonchev–Trinajstić information content (AvgIpc) is 2.67. The highest BCUT2D eigenvalue weighted by Gasteiger charge is 2.24. The van der Waals surface area contributed by atoms with E-state index in [-0.39, 0.29) is 11.3 Å². The molecule has 0 unspecified atom stereocenters. The van der Waals surface area contributed by atoms with Gasteiger partial charge in [-0.25, -0.2) is 0 Å². The van der Waals surface area contributed by atoms with Crippen molar-refractivity contribution in [2.75, 3.05) is 6.54 Å². The van der Waals surface area contributed by atoms with E-state index in [2.05, 4.69) is 0 Å². The Labute approximate surface area is 108 Å². The van der Waals surface area contributed by atoms with Crippen molar-refractivity contribution in [3.63, 3.8) is 0 Å². The standard InChI is InChI=1S/C15H20N2O/c1-15(2,3)14(18)17-10-11(8-9-16)12-6-4-5-7-13(12)17/h4-7,10H,8-9,16H2,1-3H3. The Bertz CT molecular complexity index is 576. The summed E-state index contributed by atoms with van der Waals surface area (Å²) in [7, 11) is 0. The van der Waals surface area contributed by atoms with Crippen LogP contribution in [0.15, 0.2) is 30.5 Å². The molecule has 1 aromatic carbocycles. The van der Waals surface area contributed by atoms with E-state index >= 15 is 0 Å². The van der Waals surface area contributed by atoms with Gasteiger partial charge >= 0.3 is 0 Å². The van der Waals surface area contributed by atoms with Gasteiger partial charge in [0, 0.05) is 17.0 Å². The molecule has 0 saturated carbocycles. The predicted octanol–water partition coefficient (Wildman–Crippen LogP) is 2.83. The lowest BCUT2D eigenvalue weighted by Crippen LogP contribution is -2.26. The molecule has 0 saturated heterocycles. The molecular weight excluding hydrogens is 224 g/mol. The van der Waals surface area contributed by atoms with E-state index in [1.54, 1.807) is 4.57 Å². The van der Waals surface area contributed by atoms with Gasteiger partial charge in [0.2, 0.25) is 5.91 Å². The summed E-state index contributed by atoms with van der Waals surface area (Å²) < 4.78 is 1.76. The van der Waals surface area contributed by atoms with Crippen molar-refractivity contribution in [3.8, 4) is 0 Å². The summed E-state index contributed by atoms with van der Waals surface area (Å²) in [4.78, 5) is 12.4. The summed E-state index contributed by atoms with van der Waals surface area (Å²) in [5.41, 5.74) is 7.36. The number of carbonyl (C=O) groups is 1. The van der Waals surface area contributed by atoms with Crippen LogP contribution in [0.5, 0.6) is 0 Å². The molecule has 0 spiro atoms. The smallest absolute Gasteiger partial charge is 0.236 e. The van der Waals surface area contributed by atoms with Gasteiger partial charge < -0.3 is 5.73 Å². The van der Waals surface area contributed by atoms with E-state index in [0.29, 0.717) is 6.54 Å². The fourth-order valence-electron chi connectivity index (χ4n) is 2.13. The molecule has 0 aliphatic carbocycles. The van der Waals surface area contributed by atoms with Crippen molar-refractivity contribution in [1.29, 1.82) is 0 Å². The summed E-state index contributed by atoms with van der Waals surface area (Å²) in [6, 6.07) is 7.99. The van der Waals surface area contributed by atoms with E-state index in [4.69, 9.17) is 5.73 Å². The van der Waals surface area contributed by atoms with E-state index in [0.717, 1.165) is 22.9 Å². The summed E-state index contributed by atoms with van der Waals surface area (Å²) in [5, 5.41) is 1.13. The first-order valence-electron chi connectivity index (χ1n) is 6.29. The van der Waals surface area contributed by atoms with Gasteiger partial charge in [-0.05, 0) is 24.6 Å². The summed E-state index contributed by atoms with van der Waals surface area (Å²) in [6.07, 6.45) is 2.73. The SMILES string of the molecule is CC(C)(C)C(=O)n1cc(CCN)c2ccccc21. The molecule has 3 heteroatoms. The predicted molar refractivity (Wildman–Crippen MR) is 74.8 cm³/mol. The molecule has 18 heavy (non-hydrogen) atoms. The number of carbonyl (C=O) groups excluding carboxylic acids is 1. The molecule has 0 fully saturated rings. The highest BCUT2D eigenvalue weighted by molar-refractivity contribution is 5.96. The zero-order valence-corrected chi connectivity index (χ0v) is 11.2. The number of aromatic nitrogens is 1. The molecule has 0 atom stereocenters. The third-order valence-corrected chi connectivity index (χ3v) is 3.07. The van der Waals surface area contributed by atoms with Crippen molar-refractivity contribution in [2.45, 2.75) is 27.2 Å². The van der Waals surface area contributed by atoms with Crippen LogP contribution in [0, 0.1) is 5.41 Å². The van der Waals surface area contributed by atoms with Crippen molar-refractivity contribution >= 4 is 16.8 Å². The molecule has 1 heterocycles. The number of nitrogens with two attached hydrogens (primary N) is 1. The second-order valence-corrected chi connectivity index (χ2v) is 5.64. The van der Waals surface area contributed by atoms with E-state index < -0.39 is 0 Å². The van der Waals surface area contributed by atoms with Crippen LogP contribution in [0.1, 0.15) is 31.1 Å². The average molecular weight is 244 g/mol. The lowest BCUT2D eigenvalue weighted by atomic mass is 9.95. The van der Waals surface area contributed by atoms with Crippen LogP contribution >= 0.6 is 0 Å². The van der Waals surface area contributed by atoms with Gasteiger partial charge in [-0.2, -0.15) is 0 Å². The van der Waals surface area contributed by atoms with Crippen molar-refractivity contribution in [2.24, 2.45) is 11.1 Å². The van der Waals surface area contributed by atoms with Crippen LogP contribution in [-0.4, -0.2) is 17.0 Å². The Morgan fingerprint density at radius 3 is 2.56 bits per heavy atom. The molecule has 2 rings (SSSR count). The molecule has 0 bridgehead atoms. The maximum Gasteiger partial charge on any atom is 0.236 e. The minimum absolute atomic E-state index is 0.113. The Balaban J connectivity index is 2.61. The molecule has 0 radical (unpaired) electrons. The number of fused-ring (bicyclic) bond motifs is 1. The fraction of sp³-hybridized carbons (Fsp3) is 0.400. The van der Waals surface area contributed by atoms with Gasteiger partial charge in [-0.1, -0.05) is 39.0 Å². The molecule has 1 aromatic heterocycles. The number of hydrogen-bond donors (Lipinski definition) is 1. The number of rotatable bonds is 2. The second-order valence-electron chi connectivity index (χ2n) is 5.64. The minimum Gasteiger partial charge on any atom is -0.330 e. The number of benzene rings is 1. The highest BCUT2D eigenvalue weighted by atomic mass is 16.2. The molecule has 0 amide bonds. The number of para-hydroxylation sites is 1. The molecule has 2 aromatic rings. The summed E-state index contributed by atoms with van der Waals surface area (Å²) in [6.45, 7) is 6.41. The Kier molecular flexibility index (Phi) is 3.26. The molecule has 2 N–H and O–H groups in total. The number of hydrogen-bond acceptors (Lipinski definition) is 2. The fourth-order valence-corrected chi connectivity index (χ4v) is 2.13. The monoisotopic (exact) mass is 244 g/mol. The molecule has 0 aliphatic rings. The highest BCUT2D eigenvalue weighted by Crippen LogP contribution is 2.25. The van der Waals surface area contributed by atoms with Gasteiger partial charge in [-0.3, -0.25) is 9.36 Å². The first-order valence-corrected chi connectivity index (χ1v) is 6.29. The molecule has 0 aliphatic heterocycles. The van der Waals surface area contributed by atoms with Crippen LogP contribution in [0.25, 0.3) is 10.9 Å². The maximum atomic E-state index is 12.4. The maximum absolute atomic E-state index is 12.4. The first-order chi connectivity index (χ1) is 8.45. The van der Waals surface area contributed by atoms with Crippen LogP contribution in [-0.2, 0) is 6.42 Å². The Morgan fingerprint density at radius 1 is 1.28 bits per heavy atom. The zero-order valence-electron chi connectivity index (χ0n) is 11.2. The Hall–Kier alpha value is -1.61. The third kappa shape index (κ3) is 2.18. The molecular formula is C15H20N2O.